The zero-order valence-corrected chi connectivity index (χ0v) is 46.6. The lowest BCUT2D eigenvalue weighted by Gasteiger charge is -2.50. The topological polar surface area (TPSA) is 6.48 Å². The predicted octanol–water partition coefficient (Wildman–Crippen LogP) is 17.8. The molecule has 11 rings (SSSR count). The van der Waals surface area contributed by atoms with Crippen molar-refractivity contribution in [1.29, 1.82) is 0 Å². The monoisotopic (exact) mass is 935 g/mol. The summed E-state index contributed by atoms with van der Waals surface area (Å²) in [6, 6.07) is 23.6. The van der Waals surface area contributed by atoms with Gasteiger partial charge in [-0.15, -0.1) is 11.3 Å². The maximum Gasteiger partial charge on any atom is 0.264 e. The number of thiophene rings is 1. The summed E-state index contributed by atoms with van der Waals surface area (Å²) in [6.07, 6.45) is 16.6. The number of fused-ring (bicyclic) bond motifs is 7. The van der Waals surface area contributed by atoms with Crippen molar-refractivity contribution in [2.24, 2.45) is 17.3 Å². The molecule has 1 fully saturated rings. The molecule has 0 radical (unpaired) electrons. The Morgan fingerprint density at radius 2 is 1.16 bits per heavy atom. The molecule has 0 amide bonds. The Bertz CT molecular complexity index is 3020. The van der Waals surface area contributed by atoms with Gasteiger partial charge in [-0.1, -0.05) is 153 Å². The second-order valence-electron chi connectivity index (χ2n) is 28.0. The summed E-state index contributed by atoms with van der Waals surface area (Å²) in [5.41, 5.74) is 24.0. The van der Waals surface area contributed by atoms with Crippen LogP contribution >= 0.6 is 11.3 Å². The highest BCUT2D eigenvalue weighted by molar-refractivity contribution is 7.33. The maximum absolute atomic E-state index is 2.86. The molecule has 3 heterocycles. The van der Waals surface area contributed by atoms with E-state index in [0.717, 1.165) is 0 Å². The van der Waals surface area contributed by atoms with Gasteiger partial charge in [0.15, 0.2) is 0 Å². The third-order valence-corrected chi connectivity index (χ3v) is 20.4. The zero-order valence-electron chi connectivity index (χ0n) is 45.8. The van der Waals surface area contributed by atoms with Gasteiger partial charge in [-0.25, -0.2) is 0 Å². The van der Waals surface area contributed by atoms with Crippen molar-refractivity contribution in [2.75, 3.05) is 9.80 Å². The number of hydrogen-bond donors (Lipinski definition) is 0. The first-order valence-corrected chi connectivity index (χ1v) is 28.1. The predicted molar refractivity (Wildman–Crippen MR) is 303 cm³/mol. The van der Waals surface area contributed by atoms with E-state index in [1.54, 1.807) is 22.3 Å². The summed E-state index contributed by atoms with van der Waals surface area (Å²) in [5.74, 6) is 1.27. The number of aryl methyl sites for hydroxylation is 2. The maximum atomic E-state index is 2.86. The van der Waals surface area contributed by atoms with E-state index >= 15 is 0 Å². The van der Waals surface area contributed by atoms with E-state index in [4.69, 9.17) is 0 Å². The Balaban J connectivity index is 1.30. The minimum atomic E-state index is 0.0667. The van der Waals surface area contributed by atoms with E-state index in [1.165, 1.54) is 140 Å². The van der Waals surface area contributed by atoms with Crippen molar-refractivity contribution in [2.45, 2.75) is 208 Å². The minimum absolute atomic E-state index is 0.0667. The number of rotatable bonds is 3. The largest absolute Gasteiger partial charge is 0.315 e. The lowest BCUT2D eigenvalue weighted by atomic mass is 9.34. The third-order valence-electron chi connectivity index (χ3n) is 19.2. The van der Waals surface area contributed by atoms with Crippen LogP contribution in [-0.4, -0.2) is 6.71 Å². The molecule has 69 heavy (non-hydrogen) atoms. The van der Waals surface area contributed by atoms with Gasteiger partial charge in [0.1, 0.15) is 0 Å². The van der Waals surface area contributed by atoms with Gasteiger partial charge in [-0.05, 0) is 189 Å². The number of anilines is 5. The second kappa shape index (κ2) is 15.5. The molecule has 2 nitrogen and oxygen atoms in total. The van der Waals surface area contributed by atoms with E-state index in [1.807, 2.05) is 0 Å². The molecule has 0 bridgehead atoms. The standard InChI is InChI=1S/C65H83BN2S/c1-38-31-43(60(4,5)6)23-26-51(38)67-53-33-42(41-21-19-18-20-22-41)34-54-56(53)66(50-25-24-45(61(7,8)9)40(3)57(50)67)59-58(44-35-47-49(37-55(44)69-59)65(16,17)30-28-63(47,12)13)68(54)52-36-48-46(32-39(52)2)62(10,11)27-29-64(48,14)15/h23-26,31-37,40-41,45H,18-22,27-30H2,1-17H3/t40-,45-/m1/s1. The van der Waals surface area contributed by atoms with Gasteiger partial charge >= 0.3 is 0 Å². The van der Waals surface area contributed by atoms with Crippen molar-refractivity contribution in [1.82, 2.24) is 0 Å². The molecule has 5 aromatic rings. The number of benzene rings is 4. The molecule has 4 heteroatoms. The van der Waals surface area contributed by atoms with Gasteiger partial charge in [0.25, 0.3) is 6.71 Å². The van der Waals surface area contributed by atoms with Crippen LogP contribution in [-0.2, 0) is 27.1 Å². The minimum Gasteiger partial charge on any atom is -0.315 e. The molecule has 6 aliphatic rings. The van der Waals surface area contributed by atoms with E-state index in [9.17, 15) is 0 Å². The van der Waals surface area contributed by atoms with Gasteiger partial charge in [0.2, 0.25) is 0 Å². The van der Waals surface area contributed by atoms with Crippen LogP contribution < -0.4 is 20.0 Å². The lowest BCUT2D eigenvalue weighted by molar-refractivity contribution is 0.235. The number of allylic oxidation sites excluding steroid dienone is 4. The van der Waals surface area contributed by atoms with Gasteiger partial charge < -0.3 is 9.80 Å². The average molecular weight is 935 g/mol. The smallest absolute Gasteiger partial charge is 0.264 e. The molecule has 2 atom stereocenters. The fourth-order valence-corrected chi connectivity index (χ4v) is 15.9. The summed E-state index contributed by atoms with van der Waals surface area (Å²) < 4.78 is 2.98. The molecule has 4 aliphatic carbocycles. The van der Waals surface area contributed by atoms with Crippen LogP contribution in [0, 0.1) is 31.1 Å². The normalized spacial score (nSPS) is 23.4. The molecule has 0 spiro atoms. The molecule has 0 saturated heterocycles. The second-order valence-corrected chi connectivity index (χ2v) is 29.1. The van der Waals surface area contributed by atoms with Crippen LogP contribution in [0.3, 0.4) is 0 Å². The van der Waals surface area contributed by atoms with E-state index < -0.39 is 0 Å². The van der Waals surface area contributed by atoms with Gasteiger partial charge in [0, 0.05) is 49.2 Å². The van der Waals surface area contributed by atoms with Crippen LogP contribution in [0.2, 0.25) is 0 Å². The van der Waals surface area contributed by atoms with E-state index in [-0.39, 0.29) is 39.2 Å². The molecular weight excluding hydrogens is 852 g/mol. The van der Waals surface area contributed by atoms with E-state index in [0.29, 0.717) is 17.8 Å². The highest BCUT2D eigenvalue weighted by Crippen LogP contribution is 2.57. The third kappa shape index (κ3) is 7.26. The Labute approximate surface area is 422 Å². The van der Waals surface area contributed by atoms with Gasteiger partial charge in [0.05, 0.1) is 5.69 Å². The van der Waals surface area contributed by atoms with Crippen molar-refractivity contribution >= 4 is 66.8 Å². The molecule has 0 unspecified atom stereocenters. The molecule has 362 valence electrons. The average Bonchev–Trinajstić information content (AvgIpc) is 3.64. The van der Waals surface area contributed by atoms with Gasteiger partial charge in [-0.2, -0.15) is 0 Å². The van der Waals surface area contributed by atoms with Crippen LogP contribution in [0.15, 0.2) is 77.9 Å². The fraction of sp³-hybridized carbons (Fsp3) is 0.538. The summed E-state index contributed by atoms with van der Waals surface area (Å²) in [5, 5.41) is 1.45. The molecule has 4 aromatic carbocycles. The quantitative estimate of drug-likeness (QED) is 0.166. The molecule has 2 aliphatic heterocycles. The summed E-state index contributed by atoms with van der Waals surface area (Å²) in [7, 11) is 0. The summed E-state index contributed by atoms with van der Waals surface area (Å²) in [4.78, 5) is 5.70. The first-order chi connectivity index (χ1) is 32.2. The highest BCUT2D eigenvalue weighted by atomic mass is 32.1. The van der Waals surface area contributed by atoms with Crippen molar-refractivity contribution < 1.29 is 0 Å². The summed E-state index contributed by atoms with van der Waals surface area (Å²) >= 11 is 2.12. The zero-order chi connectivity index (χ0) is 49.3. The Hall–Kier alpha value is -4.02. The highest BCUT2D eigenvalue weighted by Gasteiger charge is 2.51. The van der Waals surface area contributed by atoms with Crippen molar-refractivity contribution in [3.05, 3.63) is 122 Å². The number of hydrogen-bond acceptors (Lipinski definition) is 3. The SMILES string of the molecule is Cc1cc(C(C)(C)C)ccc1N1C2=C(C=C[C@@H](C(C)(C)C)[C@H]2C)B2c3sc4cc5c(cc4c3N(c3cc4c(cc3C)C(C)(C)CCC4(C)C)c3cc(C4CCCCC4)cc1c32)C(C)(C)CCC5(C)C. The van der Waals surface area contributed by atoms with Crippen molar-refractivity contribution in [3.63, 3.8) is 0 Å². The van der Waals surface area contributed by atoms with Crippen LogP contribution in [0.1, 0.15) is 212 Å². The van der Waals surface area contributed by atoms with Crippen LogP contribution in [0.25, 0.3) is 10.1 Å². The first-order valence-electron chi connectivity index (χ1n) is 27.3. The molecule has 0 N–H and O–H groups in total. The molecular formula is C65H83BN2S. The van der Waals surface area contributed by atoms with Crippen molar-refractivity contribution in [3.8, 4) is 0 Å². The Morgan fingerprint density at radius 1 is 0.609 bits per heavy atom. The van der Waals surface area contributed by atoms with Crippen LogP contribution in [0.5, 0.6) is 0 Å². The summed E-state index contributed by atoms with van der Waals surface area (Å²) in [6.45, 7) is 42.0. The van der Waals surface area contributed by atoms with E-state index in [2.05, 4.69) is 206 Å². The molecule has 1 saturated carbocycles. The molecule has 1 aromatic heterocycles. The first kappa shape index (κ1) is 47.3. The Morgan fingerprint density at radius 3 is 1.74 bits per heavy atom. The van der Waals surface area contributed by atoms with Crippen LogP contribution in [0.4, 0.5) is 28.4 Å². The lowest BCUT2D eigenvalue weighted by Crippen LogP contribution is -2.56. The fourth-order valence-electron chi connectivity index (χ4n) is 14.6. The van der Waals surface area contributed by atoms with Gasteiger partial charge in [-0.3, -0.25) is 0 Å². The number of nitrogens with zero attached hydrogens (tertiary/aromatic N) is 2. The Kier molecular flexibility index (Phi) is 10.6.